The highest BCUT2D eigenvalue weighted by atomic mass is 24.3. The van der Waals surface area contributed by atoms with Crippen LogP contribution in [0.5, 0.6) is 0 Å². The van der Waals surface area contributed by atoms with Crippen molar-refractivity contribution in [3.05, 3.63) is 0 Å². The van der Waals surface area contributed by atoms with Gasteiger partial charge in [-0.2, -0.15) is 0 Å². The molecule has 0 amide bonds. The van der Waals surface area contributed by atoms with Crippen LogP contribution in [-0.4, -0.2) is 51.9 Å². The maximum Gasteiger partial charge on any atom is 0.322 e. The smallest absolute Gasteiger partial charge is 0.322 e. The topological polar surface area (TPSA) is 83.5 Å². The lowest BCUT2D eigenvalue weighted by Gasteiger charge is -1.96. The fourth-order valence-corrected chi connectivity index (χ4v) is 0.0781. The van der Waals surface area contributed by atoms with Gasteiger partial charge in [0.15, 0.2) is 0 Å². The number of aliphatic hydroxyl groups is 1. The lowest BCUT2D eigenvalue weighted by Crippen LogP contribution is -2.33. The second-order valence-electron chi connectivity index (χ2n) is 1.13. The van der Waals surface area contributed by atoms with Gasteiger partial charge in [0.25, 0.3) is 0 Å². The highest BCUT2D eigenvalue weighted by Gasteiger charge is 2.06. The molecule has 0 aromatic heterocycles. The Kier molecular flexibility index (Phi) is 7.30. The molecule has 0 saturated heterocycles. The third kappa shape index (κ3) is 4.32. The fourth-order valence-electron chi connectivity index (χ4n) is 0.0781. The summed E-state index contributed by atoms with van der Waals surface area (Å²) in [6.45, 7) is -0.505. The van der Waals surface area contributed by atoms with E-state index < -0.39 is 18.6 Å². The minimum atomic E-state index is -1.18. The van der Waals surface area contributed by atoms with Crippen molar-refractivity contribution in [1.82, 2.24) is 0 Å². The van der Waals surface area contributed by atoms with Crippen LogP contribution in [0.25, 0.3) is 0 Å². The van der Waals surface area contributed by atoms with Gasteiger partial charge in [-0.05, 0) is 0 Å². The molecular weight excluding hydrogens is 122 g/mol. The summed E-state index contributed by atoms with van der Waals surface area (Å²) in [7, 11) is 0. The summed E-state index contributed by atoms with van der Waals surface area (Å²) >= 11 is 0. The van der Waals surface area contributed by atoms with Gasteiger partial charge in [-0.25, -0.2) is 0 Å². The van der Waals surface area contributed by atoms with Gasteiger partial charge in [0.1, 0.15) is 6.04 Å². The Hall–Kier alpha value is 0.156. The van der Waals surface area contributed by atoms with E-state index >= 15 is 0 Å². The van der Waals surface area contributed by atoms with E-state index in [-0.39, 0.29) is 23.1 Å². The Bertz CT molecular complexity index is 76.9. The lowest BCUT2D eigenvalue weighted by molar-refractivity contribution is -0.139. The Morgan fingerprint density at radius 2 is 2.12 bits per heavy atom. The first-order valence-corrected chi connectivity index (χ1v) is 1.77. The molecule has 0 bridgehead atoms. The molecular formula is C3H7MgNO3. The van der Waals surface area contributed by atoms with Gasteiger partial charge >= 0.3 is 5.97 Å². The number of rotatable bonds is 2. The minimum Gasteiger partial charge on any atom is -0.480 e. The highest BCUT2D eigenvalue weighted by molar-refractivity contribution is 5.75. The predicted molar refractivity (Wildman–Crippen MR) is 28.5 cm³/mol. The SMILES string of the molecule is N[C@@H](CO)C(=O)O.[Mg]. The first-order chi connectivity index (χ1) is 3.18. The number of hydrogen-bond acceptors (Lipinski definition) is 3. The molecule has 0 aromatic carbocycles. The zero-order valence-corrected chi connectivity index (χ0v) is 5.79. The largest absolute Gasteiger partial charge is 0.480 e. The summed E-state index contributed by atoms with van der Waals surface area (Å²) in [5.74, 6) is -1.18. The van der Waals surface area contributed by atoms with E-state index in [1.165, 1.54) is 0 Å². The Balaban J connectivity index is 0. The van der Waals surface area contributed by atoms with Gasteiger partial charge in [-0.1, -0.05) is 0 Å². The molecule has 0 spiro atoms. The van der Waals surface area contributed by atoms with Crippen molar-refractivity contribution in [2.45, 2.75) is 6.04 Å². The molecule has 0 aliphatic carbocycles. The molecule has 0 aliphatic rings. The van der Waals surface area contributed by atoms with Crippen molar-refractivity contribution in [2.75, 3.05) is 6.61 Å². The van der Waals surface area contributed by atoms with E-state index in [1.807, 2.05) is 0 Å². The fraction of sp³-hybridized carbons (Fsp3) is 0.667. The van der Waals surface area contributed by atoms with Crippen molar-refractivity contribution < 1.29 is 15.0 Å². The molecule has 2 radical (unpaired) electrons. The van der Waals surface area contributed by atoms with E-state index in [4.69, 9.17) is 15.9 Å². The molecule has 0 saturated carbocycles. The van der Waals surface area contributed by atoms with Crippen LogP contribution in [0.2, 0.25) is 0 Å². The average molecular weight is 129 g/mol. The van der Waals surface area contributed by atoms with Gasteiger partial charge in [-0.3, -0.25) is 4.79 Å². The van der Waals surface area contributed by atoms with Crippen molar-refractivity contribution in [3.8, 4) is 0 Å². The summed E-state index contributed by atoms with van der Waals surface area (Å²) in [5, 5.41) is 15.9. The van der Waals surface area contributed by atoms with Crippen LogP contribution < -0.4 is 5.73 Å². The molecule has 0 aliphatic heterocycles. The number of carboxylic acid groups (broad SMARTS) is 1. The monoisotopic (exact) mass is 129 g/mol. The summed E-state index contributed by atoms with van der Waals surface area (Å²) in [5.41, 5.74) is 4.77. The lowest BCUT2D eigenvalue weighted by atomic mass is 10.3. The normalized spacial score (nSPS) is 11.8. The van der Waals surface area contributed by atoms with Gasteiger partial charge in [0.05, 0.1) is 6.61 Å². The number of nitrogens with two attached hydrogens (primary N) is 1. The van der Waals surface area contributed by atoms with Crippen LogP contribution in [-0.2, 0) is 4.79 Å². The maximum absolute atomic E-state index is 9.65. The molecule has 8 heavy (non-hydrogen) atoms. The molecule has 4 N–H and O–H groups in total. The quantitative estimate of drug-likeness (QED) is 0.377. The van der Waals surface area contributed by atoms with Crippen molar-refractivity contribution >= 4 is 29.0 Å². The molecule has 0 heterocycles. The van der Waals surface area contributed by atoms with Crippen molar-refractivity contribution in [1.29, 1.82) is 0 Å². The molecule has 0 aromatic rings. The van der Waals surface area contributed by atoms with Crippen molar-refractivity contribution in [3.63, 3.8) is 0 Å². The van der Waals surface area contributed by atoms with Crippen LogP contribution in [0.1, 0.15) is 0 Å². The average Bonchev–Trinajstić information content (AvgIpc) is 1.65. The van der Waals surface area contributed by atoms with Crippen LogP contribution >= 0.6 is 0 Å². The van der Waals surface area contributed by atoms with Gasteiger partial charge < -0.3 is 15.9 Å². The predicted octanol–water partition coefficient (Wildman–Crippen LogP) is -1.99. The molecule has 4 nitrogen and oxygen atoms in total. The summed E-state index contributed by atoms with van der Waals surface area (Å²) in [4.78, 5) is 9.65. The molecule has 0 unspecified atom stereocenters. The van der Waals surface area contributed by atoms with E-state index in [0.717, 1.165) is 0 Å². The molecule has 1 atom stereocenters. The van der Waals surface area contributed by atoms with Gasteiger partial charge in [-0.15, -0.1) is 0 Å². The van der Waals surface area contributed by atoms with Crippen LogP contribution in [0, 0.1) is 0 Å². The molecule has 0 fully saturated rings. The summed E-state index contributed by atoms with van der Waals surface area (Å²) < 4.78 is 0. The number of carboxylic acids is 1. The van der Waals surface area contributed by atoms with Crippen LogP contribution in [0.15, 0.2) is 0 Å². The first-order valence-electron chi connectivity index (χ1n) is 1.77. The zero-order valence-electron chi connectivity index (χ0n) is 4.37. The number of aliphatic carboxylic acids is 1. The highest BCUT2D eigenvalue weighted by Crippen LogP contribution is 1.71. The second-order valence-corrected chi connectivity index (χ2v) is 1.13. The second kappa shape index (κ2) is 5.30. The molecule has 44 valence electrons. The maximum atomic E-state index is 9.65. The van der Waals surface area contributed by atoms with Crippen LogP contribution in [0.3, 0.4) is 0 Å². The van der Waals surface area contributed by atoms with E-state index in [0.29, 0.717) is 0 Å². The molecule has 5 heteroatoms. The standard InChI is InChI=1S/C3H7NO3.Mg/c4-2(1-5)3(6)7;/h2,5H,1,4H2,(H,6,7);/t2-;/m0./s1. The third-order valence-electron chi connectivity index (χ3n) is 0.514. The Labute approximate surface area is 62.8 Å². The van der Waals surface area contributed by atoms with E-state index in [9.17, 15) is 4.79 Å². The number of hydrogen-bond donors (Lipinski definition) is 3. The minimum absolute atomic E-state index is 0. The third-order valence-corrected chi connectivity index (χ3v) is 0.514. The summed E-state index contributed by atoms with van der Waals surface area (Å²) in [6.07, 6.45) is 0. The Morgan fingerprint density at radius 1 is 1.75 bits per heavy atom. The van der Waals surface area contributed by atoms with Crippen molar-refractivity contribution in [2.24, 2.45) is 5.73 Å². The van der Waals surface area contributed by atoms with Gasteiger partial charge in [0, 0.05) is 23.1 Å². The number of aliphatic hydroxyl groups excluding tert-OH is 1. The van der Waals surface area contributed by atoms with E-state index in [2.05, 4.69) is 0 Å². The van der Waals surface area contributed by atoms with Crippen LogP contribution in [0.4, 0.5) is 0 Å². The Morgan fingerprint density at radius 3 is 2.12 bits per heavy atom. The summed E-state index contributed by atoms with van der Waals surface area (Å²) in [6, 6.07) is -1.13. The number of carbonyl (C=O) groups is 1. The van der Waals surface area contributed by atoms with Gasteiger partial charge in [0.2, 0.25) is 0 Å². The first kappa shape index (κ1) is 11.0. The van der Waals surface area contributed by atoms with E-state index in [1.54, 1.807) is 0 Å². The zero-order chi connectivity index (χ0) is 5.86. The molecule has 0 rings (SSSR count).